The fraction of sp³-hybridized carbons (Fsp3) is 0.0909. The van der Waals surface area contributed by atoms with Crippen molar-refractivity contribution in [1.82, 2.24) is 10.3 Å². The van der Waals surface area contributed by atoms with Crippen molar-refractivity contribution in [3.8, 4) is 11.3 Å². The number of H-pyrrole nitrogens is 1. The van der Waals surface area contributed by atoms with Gasteiger partial charge in [-0.2, -0.15) is 4.40 Å². The van der Waals surface area contributed by atoms with Crippen molar-refractivity contribution in [3.63, 3.8) is 0 Å². The van der Waals surface area contributed by atoms with Gasteiger partial charge >= 0.3 is 11.7 Å². The molecule has 0 atom stereocenters. The summed E-state index contributed by atoms with van der Waals surface area (Å²) in [4.78, 5) is 16.0. The molecule has 0 saturated carbocycles. The molecule has 0 spiro atoms. The summed E-state index contributed by atoms with van der Waals surface area (Å²) in [5.74, 6) is 0.356. The number of benzene rings is 2. The number of nitrogens with zero attached hydrogens (tertiary/aromatic N) is 1. The Kier molecular flexibility index (Phi) is 4.90. The number of carbonyl (C=O) groups is 1. The SMILES string of the molecule is O=C(NCCc1ccccc1)c1[nH]c(-c2cccc(Cl)c2)c2cccc[n+]12. The molecule has 0 aliphatic carbocycles. The largest absolute Gasteiger partial charge is 0.351 e. The number of nitrogens with one attached hydrogen (secondary N) is 2. The summed E-state index contributed by atoms with van der Waals surface area (Å²) in [7, 11) is 0. The highest BCUT2D eigenvalue weighted by molar-refractivity contribution is 6.30. The van der Waals surface area contributed by atoms with E-state index < -0.39 is 0 Å². The second-order valence-electron chi connectivity index (χ2n) is 6.31. The zero-order valence-electron chi connectivity index (χ0n) is 14.7. The molecular formula is C22H19ClN3O+. The average molecular weight is 377 g/mol. The third kappa shape index (κ3) is 3.71. The van der Waals surface area contributed by atoms with Crippen LogP contribution in [0.5, 0.6) is 0 Å². The van der Waals surface area contributed by atoms with E-state index in [4.69, 9.17) is 11.6 Å². The maximum absolute atomic E-state index is 12.8. The number of halogens is 1. The van der Waals surface area contributed by atoms with Crippen LogP contribution in [-0.4, -0.2) is 17.4 Å². The van der Waals surface area contributed by atoms with Gasteiger partial charge in [0.15, 0.2) is 11.2 Å². The molecule has 0 aliphatic heterocycles. The van der Waals surface area contributed by atoms with E-state index in [0.717, 1.165) is 23.2 Å². The van der Waals surface area contributed by atoms with Crippen LogP contribution in [0.15, 0.2) is 79.0 Å². The number of amides is 1. The lowest BCUT2D eigenvalue weighted by atomic mass is 10.1. The van der Waals surface area contributed by atoms with Crippen LogP contribution in [-0.2, 0) is 6.42 Å². The molecule has 4 aromatic rings. The van der Waals surface area contributed by atoms with Crippen LogP contribution in [0.25, 0.3) is 16.8 Å². The first-order chi connectivity index (χ1) is 13.2. The molecule has 4 rings (SSSR count). The van der Waals surface area contributed by atoms with Crippen LogP contribution in [0.2, 0.25) is 5.02 Å². The second kappa shape index (κ2) is 7.64. The Morgan fingerprint density at radius 1 is 1.00 bits per heavy atom. The molecule has 5 heteroatoms. The highest BCUT2D eigenvalue weighted by atomic mass is 35.5. The van der Waals surface area contributed by atoms with Crippen LogP contribution in [0.1, 0.15) is 16.2 Å². The minimum absolute atomic E-state index is 0.139. The summed E-state index contributed by atoms with van der Waals surface area (Å²) in [6.45, 7) is 0.573. The number of pyridine rings is 1. The second-order valence-corrected chi connectivity index (χ2v) is 6.74. The lowest BCUT2D eigenvalue weighted by Crippen LogP contribution is -2.35. The van der Waals surface area contributed by atoms with Crippen molar-refractivity contribution in [2.45, 2.75) is 6.42 Å². The number of rotatable bonds is 5. The van der Waals surface area contributed by atoms with E-state index in [9.17, 15) is 4.79 Å². The van der Waals surface area contributed by atoms with E-state index in [-0.39, 0.29) is 5.91 Å². The maximum atomic E-state index is 12.8. The van der Waals surface area contributed by atoms with E-state index in [2.05, 4.69) is 22.4 Å². The van der Waals surface area contributed by atoms with Crippen LogP contribution in [0.3, 0.4) is 0 Å². The number of aromatic nitrogens is 2. The first-order valence-electron chi connectivity index (χ1n) is 8.83. The lowest BCUT2D eigenvalue weighted by Gasteiger charge is -2.02. The summed E-state index contributed by atoms with van der Waals surface area (Å²) in [6, 6.07) is 23.5. The van der Waals surface area contributed by atoms with Gasteiger partial charge in [-0.25, -0.2) is 4.98 Å². The van der Waals surface area contributed by atoms with Gasteiger partial charge in [0.25, 0.3) is 0 Å². The summed E-state index contributed by atoms with van der Waals surface area (Å²) in [5, 5.41) is 3.66. The molecule has 2 N–H and O–H groups in total. The summed E-state index contributed by atoms with van der Waals surface area (Å²) >= 11 is 6.14. The van der Waals surface area contributed by atoms with E-state index in [0.29, 0.717) is 17.4 Å². The number of hydrogen-bond donors (Lipinski definition) is 2. The van der Waals surface area contributed by atoms with Gasteiger partial charge in [0.2, 0.25) is 0 Å². The molecule has 0 saturated heterocycles. The van der Waals surface area contributed by atoms with Crippen molar-refractivity contribution in [3.05, 3.63) is 95.4 Å². The van der Waals surface area contributed by atoms with Crippen molar-refractivity contribution < 1.29 is 9.20 Å². The Morgan fingerprint density at radius 2 is 1.81 bits per heavy atom. The molecule has 1 amide bonds. The van der Waals surface area contributed by atoms with E-state index in [1.807, 2.05) is 71.3 Å². The van der Waals surface area contributed by atoms with E-state index >= 15 is 0 Å². The van der Waals surface area contributed by atoms with Gasteiger partial charge in [-0.3, -0.25) is 4.79 Å². The number of imidazole rings is 1. The number of carbonyl (C=O) groups excluding carboxylic acids is 1. The zero-order valence-corrected chi connectivity index (χ0v) is 15.4. The van der Waals surface area contributed by atoms with Gasteiger partial charge in [-0.05, 0) is 36.2 Å². The smallest absolute Gasteiger partial charge is 0.345 e. The highest BCUT2D eigenvalue weighted by Gasteiger charge is 2.25. The molecule has 0 aliphatic rings. The maximum Gasteiger partial charge on any atom is 0.351 e. The van der Waals surface area contributed by atoms with Crippen molar-refractivity contribution >= 4 is 23.0 Å². The molecule has 27 heavy (non-hydrogen) atoms. The topological polar surface area (TPSA) is 49.0 Å². The Balaban J connectivity index is 1.61. The standard InChI is InChI=1S/C22H18ClN3O/c23-18-10-6-9-17(15-18)20-19-11-4-5-14-26(19)21(25-20)22(27)24-13-12-16-7-2-1-3-8-16/h1-11,14-15H,12-13H2,(H,24,27)/p+1. The first-order valence-corrected chi connectivity index (χ1v) is 9.20. The van der Waals surface area contributed by atoms with Gasteiger partial charge in [0.05, 0.1) is 6.20 Å². The molecule has 0 unspecified atom stereocenters. The Bertz CT molecular complexity index is 1090. The normalized spacial score (nSPS) is 10.9. The highest BCUT2D eigenvalue weighted by Crippen LogP contribution is 2.24. The predicted octanol–water partition coefficient (Wildman–Crippen LogP) is 4.05. The van der Waals surface area contributed by atoms with Gasteiger partial charge in [-0.15, -0.1) is 0 Å². The average Bonchev–Trinajstić information content (AvgIpc) is 3.09. The summed E-state index contributed by atoms with van der Waals surface area (Å²) < 4.78 is 1.87. The van der Waals surface area contributed by atoms with Gasteiger partial charge in [0.1, 0.15) is 0 Å². The van der Waals surface area contributed by atoms with Gasteiger partial charge < -0.3 is 5.32 Å². The van der Waals surface area contributed by atoms with Crippen LogP contribution < -0.4 is 9.72 Å². The molecule has 2 aromatic carbocycles. The Labute approximate surface area is 162 Å². The third-order valence-electron chi connectivity index (χ3n) is 4.47. The quantitative estimate of drug-likeness (QED) is 0.507. The number of aromatic amines is 1. The fourth-order valence-corrected chi connectivity index (χ4v) is 3.35. The molecule has 4 nitrogen and oxygen atoms in total. The van der Waals surface area contributed by atoms with Crippen molar-refractivity contribution in [1.29, 1.82) is 0 Å². The van der Waals surface area contributed by atoms with Crippen molar-refractivity contribution in [2.75, 3.05) is 6.54 Å². The lowest BCUT2D eigenvalue weighted by molar-refractivity contribution is -0.513. The molecule has 0 radical (unpaired) electrons. The molecule has 2 heterocycles. The molecule has 0 fully saturated rings. The Morgan fingerprint density at radius 3 is 2.63 bits per heavy atom. The minimum atomic E-state index is -0.139. The van der Waals surface area contributed by atoms with Crippen molar-refractivity contribution in [2.24, 2.45) is 0 Å². The zero-order chi connectivity index (χ0) is 18.6. The summed E-state index contributed by atoms with van der Waals surface area (Å²) in [5.41, 5.74) is 3.93. The monoisotopic (exact) mass is 376 g/mol. The Hall–Kier alpha value is -3.11. The number of fused-ring (bicyclic) bond motifs is 1. The van der Waals surface area contributed by atoms with Gasteiger partial charge in [0, 0.05) is 17.1 Å². The van der Waals surface area contributed by atoms with E-state index in [1.54, 1.807) is 0 Å². The van der Waals surface area contributed by atoms with Crippen LogP contribution in [0, 0.1) is 0 Å². The predicted molar refractivity (Wildman–Crippen MR) is 107 cm³/mol. The first kappa shape index (κ1) is 17.3. The van der Waals surface area contributed by atoms with Gasteiger partial charge in [-0.1, -0.05) is 60.1 Å². The van der Waals surface area contributed by atoms with Crippen LogP contribution >= 0.6 is 11.6 Å². The van der Waals surface area contributed by atoms with E-state index in [1.165, 1.54) is 5.56 Å². The minimum Gasteiger partial charge on any atom is -0.345 e. The molecule has 134 valence electrons. The van der Waals surface area contributed by atoms with Crippen LogP contribution in [0.4, 0.5) is 0 Å². The summed E-state index contributed by atoms with van der Waals surface area (Å²) in [6.07, 6.45) is 2.67. The third-order valence-corrected chi connectivity index (χ3v) is 4.71. The fourth-order valence-electron chi connectivity index (χ4n) is 3.16. The molecular weight excluding hydrogens is 358 g/mol. The molecule has 2 aromatic heterocycles. The molecule has 0 bridgehead atoms. The number of hydrogen-bond acceptors (Lipinski definition) is 1.